The van der Waals surface area contributed by atoms with Gasteiger partial charge in [-0.3, -0.25) is 4.79 Å². The number of hydrogen-bond donors (Lipinski definition) is 1. The summed E-state index contributed by atoms with van der Waals surface area (Å²) in [6.45, 7) is 2.16. The second-order valence-corrected chi connectivity index (χ2v) is 5.90. The molecule has 3 nitrogen and oxygen atoms in total. The summed E-state index contributed by atoms with van der Waals surface area (Å²) in [5.74, 6) is 0.0378. The molecule has 0 amide bonds. The van der Waals surface area contributed by atoms with Gasteiger partial charge in [-0.05, 0) is 42.2 Å². The first kappa shape index (κ1) is 13.2. The number of hydrogen-bond acceptors (Lipinski definition) is 1. The van der Waals surface area contributed by atoms with Crippen molar-refractivity contribution in [3.8, 4) is 0 Å². The maximum atomic E-state index is 11.2. The highest BCUT2D eigenvalue weighted by Gasteiger charge is 2.35. The van der Waals surface area contributed by atoms with E-state index in [1.54, 1.807) is 0 Å². The van der Waals surface area contributed by atoms with E-state index in [-0.39, 0.29) is 12.3 Å². The molecule has 0 aliphatic heterocycles. The monoisotopic (exact) mass is 271 g/mol. The lowest BCUT2D eigenvalue weighted by molar-refractivity contribution is -0.137. The van der Waals surface area contributed by atoms with Crippen LogP contribution in [0.15, 0.2) is 24.4 Å². The van der Waals surface area contributed by atoms with Crippen LogP contribution in [0.4, 0.5) is 0 Å². The lowest BCUT2D eigenvalue weighted by atomic mass is 9.90. The van der Waals surface area contributed by atoms with E-state index < -0.39 is 5.97 Å². The Balaban J connectivity index is 2.13. The molecular weight excluding hydrogens is 250 g/mol. The van der Waals surface area contributed by atoms with Crippen LogP contribution in [0.25, 0.3) is 10.9 Å². The number of aliphatic carboxylic acids is 1. The molecule has 20 heavy (non-hydrogen) atoms. The Bertz CT molecular complexity index is 652. The van der Waals surface area contributed by atoms with Crippen LogP contribution in [0.1, 0.15) is 43.2 Å². The molecule has 1 aliphatic rings. The molecule has 106 valence electrons. The predicted octanol–water partition coefficient (Wildman–Crippen LogP) is 3.71. The molecule has 1 aliphatic carbocycles. The van der Waals surface area contributed by atoms with Crippen molar-refractivity contribution in [1.82, 2.24) is 4.57 Å². The second kappa shape index (κ2) is 4.97. The van der Waals surface area contributed by atoms with Crippen molar-refractivity contribution < 1.29 is 9.90 Å². The summed E-state index contributed by atoms with van der Waals surface area (Å²) >= 11 is 0. The molecule has 0 saturated heterocycles. The van der Waals surface area contributed by atoms with E-state index in [1.165, 1.54) is 34.9 Å². The Hall–Kier alpha value is -1.77. The summed E-state index contributed by atoms with van der Waals surface area (Å²) in [7, 11) is 2.07. The van der Waals surface area contributed by atoms with Crippen LogP contribution < -0.4 is 0 Å². The van der Waals surface area contributed by atoms with Crippen molar-refractivity contribution in [1.29, 1.82) is 0 Å². The average Bonchev–Trinajstić information content (AvgIpc) is 3.20. The molecule has 1 unspecified atom stereocenters. The van der Waals surface area contributed by atoms with Crippen LogP contribution >= 0.6 is 0 Å². The van der Waals surface area contributed by atoms with Crippen LogP contribution in [0.2, 0.25) is 0 Å². The summed E-state index contributed by atoms with van der Waals surface area (Å²) < 4.78 is 2.17. The van der Waals surface area contributed by atoms with E-state index in [0.717, 1.165) is 6.42 Å². The van der Waals surface area contributed by atoms with Crippen LogP contribution in [-0.4, -0.2) is 15.6 Å². The number of carboxylic acid groups (broad SMARTS) is 1. The van der Waals surface area contributed by atoms with E-state index >= 15 is 0 Å². The van der Waals surface area contributed by atoms with E-state index in [1.807, 2.05) is 0 Å². The number of fused-ring (bicyclic) bond motifs is 1. The molecule has 1 saturated carbocycles. The van der Waals surface area contributed by atoms with Gasteiger partial charge in [-0.2, -0.15) is 0 Å². The number of rotatable bonds is 5. The Labute approximate surface area is 119 Å². The van der Waals surface area contributed by atoms with E-state index in [2.05, 4.69) is 42.9 Å². The largest absolute Gasteiger partial charge is 0.481 e. The first-order valence-corrected chi connectivity index (χ1v) is 7.40. The maximum Gasteiger partial charge on any atom is 0.303 e. The van der Waals surface area contributed by atoms with E-state index in [0.29, 0.717) is 5.92 Å². The van der Waals surface area contributed by atoms with Gasteiger partial charge in [0.25, 0.3) is 0 Å². The van der Waals surface area contributed by atoms with Crippen LogP contribution in [0, 0.1) is 5.92 Å². The number of benzene rings is 1. The Kier molecular flexibility index (Phi) is 3.28. The molecule has 1 aromatic carbocycles. The summed E-state index contributed by atoms with van der Waals surface area (Å²) in [5.41, 5.74) is 3.82. The summed E-state index contributed by atoms with van der Waals surface area (Å²) in [4.78, 5) is 11.2. The zero-order valence-corrected chi connectivity index (χ0v) is 12.1. The molecular formula is C17H21NO2. The number of carbonyl (C=O) groups is 1. The van der Waals surface area contributed by atoms with Crippen molar-refractivity contribution in [3.63, 3.8) is 0 Å². The van der Waals surface area contributed by atoms with Crippen LogP contribution in [0.3, 0.4) is 0 Å². The average molecular weight is 271 g/mol. The van der Waals surface area contributed by atoms with Gasteiger partial charge in [0.2, 0.25) is 0 Å². The zero-order chi connectivity index (χ0) is 14.3. The van der Waals surface area contributed by atoms with Crippen molar-refractivity contribution in [3.05, 3.63) is 35.5 Å². The molecule has 0 radical (unpaired) electrons. The van der Waals surface area contributed by atoms with Crippen molar-refractivity contribution >= 4 is 16.9 Å². The van der Waals surface area contributed by atoms with Gasteiger partial charge < -0.3 is 9.67 Å². The van der Waals surface area contributed by atoms with Gasteiger partial charge >= 0.3 is 5.97 Å². The summed E-state index contributed by atoms with van der Waals surface area (Å²) in [6.07, 6.45) is 5.74. The molecule has 1 atom stereocenters. The van der Waals surface area contributed by atoms with Gasteiger partial charge in [0.05, 0.1) is 11.9 Å². The molecule has 1 heterocycles. The number of para-hydroxylation sites is 1. The van der Waals surface area contributed by atoms with Gasteiger partial charge in [-0.15, -0.1) is 0 Å². The fraction of sp³-hybridized carbons (Fsp3) is 0.471. The smallest absolute Gasteiger partial charge is 0.303 e. The number of aryl methyl sites for hydroxylation is 2. The van der Waals surface area contributed by atoms with Crippen LogP contribution in [-0.2, 0) is 18.3 Å². The predicted molar refractivity (Wildman–Crippen MR) is 80.0 cm³/mol. The standard InChI is InChI=1S/C17H21NO2/c1-3-11-5-4-6-13-15(10-18(2)17(11)13)14(9-16(19)20)12-7-8-12/h4-6,10,12,14H,3,7-9H2,1-2H3,(H,19,20). The normalized spacial score (nSPS) is 16.5. The highest BCUT2D eigenvalue weighted by atomic mass is 16.4. The number of nitrogens with zero attached hydrogens (tertiary/aromatic N) is 1. The maximum absolute atomic E-state index is 11.2. The molecule has 3 heteroatoms. The summed E-state index contributed by atoms with van der Waals surface area (Å²) in [5, 5.41) is 10.4. The van der Waals surface area contributed by atoms with E-state index in [9.17, 15) is 9.90 Å². The minimum Gasteiger partial charge on any atom is -0.481 e. The number of aromatic nitrogens is 1. The minimum atomic E-state index is -0.689. The van der Waals surface area contributed by atoms with Gasteiger partial charge in [0.1, 0.15) is 0 Å². The number of carboxylic acids is 1. The van der Waals surface area contributed by atoms with Crippen molar-refractivity contribution in [2.24, 2.45) is 13.0 Å². The first-order chi connectivity index (χ1) is 9.61. The molecule has 1 fully saturated rings. The fourth-order valence-corrected chi connectivity index (χ4v) is 3.38. The molecule has 0 spiro atoms. The summed E-state index contributed by atoms with van der Waals surface area (Å²) in [6, 6.07) is 6.39. The van der Waals surface area contributed by atoms with Crippen LogP contribution in [0.5, 0.6) is 0 Å². The Morgan fingerprint density at radius 2 is 2.20 bits per heavy atom. The van der Waals surface area contributed by atoms with Gasteiger partial charge in [-0.1, -0.05) is 25.1 Å². The molecule has 3 rings (SSSR count). The van der Waals surface area contributed by atoms with Gasteiger partial charge in [-0.25, -0.2) is 0 Å². The molecule has 0 bridgehead atoms. The lowest BCUT2D eigenvalue weighted by Crippen LogP contribution is -2.08. The van der Waals surface area contributed by atoms with E-state index in [4.69, 9.17) is 0 Å². The molecule has 1 aromatic heterocycles. The fourth-order valence-electron chi connectivity index (χ4n) is 3.38. The topological polar surface area (TPSA) is 42.2 Å². The van der Waals surface area contributed by atoms with Crippen molar-refractivity contribution in [2.75, 3.05) is 0 Å². The third kappa shape index (κ3) is 2.21. The second-order valence-electron chi connectivity index (χ2n) is 5.90. The first-order valence-electron chi connectivity index (χ1n) is 7.40. The SMILES string of the molecule is CCc1cccc2c(C(CC(=O)O)C3CC3)cn(C)c12. The minimum absolute atomic E-state index is 0.170. The third-order valence-electron chi connectivity index (χ3n) is 4.48. The Morgan fingerprint density at radius 3 is 2.80 bits per heavy atom. The third-order valence-corrected chi connectivity index (χ3v) is 4.48. The van der Waals surface area contributed by atoms with Gasteiger partial charge in [0.15, 0.2) is 0 Å². The molecule has 1 N–H and O–H groups in total. The lowest BCUT2D eigenvalue weighted by Gasteiger charge is -2.13. The highest BCUT2D eigenvalue weighted by Crippen LogP contribution is 2.46. The zero-order valence-electron chi connectivity index (χ0n) is 12.1. The van der Waals surface area contributed by atoms with Gasteiger partial charge in [0, 0.05) is 18.6 Å². The highest BCUT2D eigenvalue weighted by molar-refractivity contribution is 5.88. The van der Waals surface area contributed by atoms with Crippen molar-refractivity contribution in [2.45, 2.75) is 38.5 Å². The Morgan fingerprint density at radius 1 is 1.45 bits per heavy atom. The quantitative estimate of drug-likeness (QED) is 0.900. The molecule has 2 aromatic rings.